The number of rotatable bonds is 3. The molecule has 0 amide bonds. The van der Waals surface area contributed by atoms with Crippen LogP contribution < -0.4 is 4.72 Å². The summed E-state index contributed by atoms with van der Waals surface area (Å²) in [5.41, 5.74) is 0.210. The van der Waals surface area contributed by atoms with Crippen LogP contribution in [-0.4, -0.2) is 8.42 Å². The summed E-state index contributed by atoms with van der Waals surface area (Å²) >= 11 is 8.98. The highest BCUT2D eigenvalue weighted by Gasteiger charge is 2.20. The zero-order chi connectivity index (χ0) is 15.6. The minimum absolute atomic E-state index is 0.0761. The number of benzene rings is 2. The van der Waals surface area contributed by atoms with E-state index in [-0.39, 0.29) is 16.3 Å². The quantitative estimate of drug-likeness (QED) is 0.865. The van der Waals surface area contributed by atoms with E-state index in [1.807, 2.05) is 6.07 Å². The second-order valence-corrected chi connectivity index (χ2v) is 6.96. The van der Waals surface area contributed by atoms with E-state index in [0.717, 1.165) is 18.2 Å². The summed E-state index contributed by atoms with van der Waals surface area (Å²) in [5.74, 6) is -0.727. The van der Waals surface area contributed by atoms with Gasteiger partial charge >= 0.3 is 0 Å². The van der Waals surface area contributed by atoms with E-state index in [1.165, 1.54) is 12.1 Å². The SMILES string of the molecule is N#Cc1ccc(Br)cc1NS(=O)(=O)c1cc(F)ccc1Cl. The maximum absolute atomic E-state index is 13.2. The summed E-state index contributed by atoms with van der Waals surface area (Å²) in [5, 5.41) is 8.88. The molecule has 0 aliphatic rings. The Bertz CT molecular complexity index is 850. The van der Waals surface area contributed by atoms with E-state index in [0.29, 0.717) is 4.47 Å². The average Bonchev–Trinajstić information content (AvgIpc) is 2.41. The van der Waals surface area contributed by atoms with E-state index in [4.69, 9.17) is 16.9 Å². The largest absolute Gasteiger partial charge is 0.278 e. The molecule has 0 fully saturated rings. The molecule has 0 aliphatic carbocycles. The van der Waals surface area contributed by atoms with Gasteiger partial charge in [-0.15, -0.1) is 0 Å². The summed E-state index contributed by atoms with van der Waals surface area (Å²) in [6, 6.07) is 9.38. The van der Waals surface area contributed by atoms with Crippen LogP contribution in [0.3, 0.4) is 0 Å². The number of halogens is 3. The molecule has 0 atom stereocenters. The predicted molar refractivity (Wildman–Crippen MR) is 81.1 cm³/mol. The van der Waals surface area contributed by atoms with Crippen LogP contribution in [0.4, 0.5) is 10.1 Å². The molecule has 0 saturated carbocycles. The molecule has 8 heteroatoms. The van der Waals surface area contributed by atoms with Crippen LogP contribution in [0.25, 0.3) is 0 Å². The zero-order valence-electron chi connectivity index (χ0n) is 10.3. The van der Waals surface area contributed by atoms with Crippen molar-refractivity contribution in [1.82, 2.24) is 0 Å². The minimum atomic E-state index is -4.11. The maximum atomic E-state index is 13.2. The predicted octanol–water partition coefficient (Wildman–Crippen LogP) is 3.91. The first kappa shape index (κ1) is 15.8. The Morgan fingerprint density at radius 3 is 2.62 bits per heavy atom. The van der Waals surface area contributed by atoms with Gasteiger partial charge in [0.2, 0.25) is 0 Å². The third-order valence-corrected chi connectivity index (χ3v) is 4.87. The molecule has 0 heterocycles. The second kappa shape index (κ2) is 6.02. The molecule has 2 aromatic carbocycles. The van der Waals surface area contributed by atoms with Gasteiger partial charge in [-0.3, -0.25) is 4.72 Å². The Morgan fingerprint density at radius 1 is 1.24 bits per heavy atom. The number of nitriles is 1. The van der Waals surface area contributed by atoms with Gasteiger partial charge in [0, 0.05) is 4.47 Å². The summed E-state index contributed by atoms with van der Waals surface area (Å²) in [6.45, 7) is 0. The van der Waals surface area contributed by atoms with E-state index < -0.39 is 20.7 Å². The van der Waals surface area contributed by atoms with Crippen molar-refractivity contribution in [3.8, 4) is 6.07 Å². The van der Waals surface area contributed by atoms with Crippen molar-refractivity contribution >= 4 is 43.2 Å². The van der Waals surface area contributed by atoms with Crippen molar-refractivity contribution in [1.29, 1.82) is 5.26 Å². The van der Waals surface area contributed by atoms with Crippen molar-refractivity contribution in [3.05, 3.63) is 57.3 Å². The lowest BCUT2D eigenvalue weighted by Gasteiger charge is -2.11. The van der Waals surface area contributed by atoms with E-state index >= 15 is 0 Å². The molecule has 2 rings (SSSR count). The summed E-state index contributed by atoms with van der Waals surface area (Å²) in [6.07, 6.45) is 0. The summed E-state index contributed by atoms with van der Waals surface area (Å²) < 4.78 is 40.6. The number of nitrogens with one attached hydrogen (secondary N) is 1. The molecule has 0 spiro atoms. The van der Waals surface area contributed by atoms with Gasteiger partial charge in [0.15, 0.2) is 0 Å². The molecule has 0 aliphatic heterocycles. The smallest absolute Gasteiger partial charge is 0.263 e. The van der Waals surface area contributed by atoms with E-state index in [9.17, 15) is 12.8 Å². The highest BCUT2D eigenvalue weighted by molar-refractivity contribution is 9.10. The highest BCUT2D eigenvalue weighted by Crippen LogP contribution is 2.27. The number of hydrogen-bond acceptors (Lipinski definition) is 3. The lowest BCUT2D eigenvalue weighted by molar-refractivity contribution is 0.595. The Balaban J connectivity index is 2.50. The molecular weight excluding hydrogens is 383 g/mol. The zero-order valence-corrected chi connectivity index (χ0v) is 13.4. The third kappa shape index (κ3) is 3.53. The fraction of sp³-hybridized carbons (Fsp3) is 0. The Morgan fingerprint density at radius 2 is 1.95 bits per heavy atom. The van der Waals surface area contributed by atoms with Crippen LogP contribution in [0.5, 0.6) is 0 Å². The summed E-state index contributed by atoms with van der Waals surface area (Å²) in [4.78, 5) is -0.395. The Kier molecular flexibility index (Phi) is 4.52. The molecule has 0 bridgehead atoms. The molecule has 21 heavy (non-hydrogen) atoms. The fourth-order valence-electron chi connectivity index (χ4n) is 1.58. The molecule has 0 radical (unpaired) electrons. The van der Waals surface area contributed by atoms with Crippen LogP contribution in [0.2, 0.25) is 5.02 Å². The molecule has 2 aromatic rings. The normalized spacial score (nSPS) is 11.0. The lowest BCUT2D eigenvalue weighted by atomic mass is 10.2. The molecule has 0 unspecified atom stereocenters. The van der Waals surface area contributed by atoms with Gasteiger partial charge in [0.1, 0.15) is 16.8 Å². The van der Waals surface area contributed by atoms with Crippen LogP contribution in [0.15, 0.2) is 45.8 Å². The van der Waals surface area contributed by atoms with Crippen LogP contribution in [0, 0.1) is 17.1 Å². The molecule has 108 valence electrons. The Labute approximate surface area is 134 Å². The standard InChI is InChI=1S/C13H7BrClFN2O2S/c14-9-2-1-8(7-17)12(5-9)18-21(19,20)13-6-10(16)3-4-11(13)15/h1-6,18H. The number of sulfonamides is 1. The molecule has 4 nitrogen and oxygen atoms in total. The first-order valence-corrected chi connectivity index (χ1v) is 8.16. The maximum Gasteiger partial charge on any atom is 0.263 e. The van der Waals surface area contributed by atoms with Gasteiger partial charge in [0.25, 0.3) is 10.0 Å². The van der Waals surface area contributed by atoms with Crippen LogP contribution in [0.1, 0.15) is 5.56 Å². The Hall–Kier alpha value is -1.62. The molecule has 0 saturated heterocycles. The topological polar surface area (TPSA) is 70.0 Å². The fourth-order valence-corrected chi connectivity index (χ4v) is 3.53. The van der Waals surface area contributed by atoms with E-state index in [1.54, 1.807) is 6.07 Å². The third-order valence-electron chi connectivity index (χ3n) is 2.53. The molecular formula is C13H7BrClFN2O2S. The molecule has 1 N–H and O–H groups in total. The van der Waals surface area contributed by atoms with Gasteiger partial charge in [-0.2, -0.15) is 5.26 Å². The number of nitrogens with zero attached hydrogens (tertiary/aromatic N) is 1. The average molecular weight is 390 g/mol. The summed E-state index contributed by atoms with van der Waals surface area (Å²) in [7, 11) is -4.11. The van der Waals surface area contributed by atoms with Crippen molar-refractivity contribution < 1.29 is 12.8 Å². The van der Waals surface area contributed by atoms with Crippen molar-refractivity contribution in [2.45, 2.75) is 4.90 Å². The first-order valence-electron chi connectivity index (χ1n) is 5.51. The van der Waals surface area contributed by atoms with Crippen LogP contribution in [-0.2, 0) is 10.0 Å². The number of anilines is 1. The lowest BCUT2D eigenvalue weighted by Crippen LogP contribution is -2.14. The highest BCUT2D eigenvalue weighted by atomic mass is 79.9. The van der Waals surface area contributed by atoms with Gasteiger partial charge < -0.3 is 0 Å². The van der Waals surface area contributed by atoms with Crippen molar-refractivity contribution in [2.24, 2.45) is 0 Å². The number of hydrogen-bond donors (Lipinski definition) is 1. The van der Waals surface area contributed by atoms with Gasteiger partial charge in [-0.1, -0.05) is 27.5 Å². The van der Waals surface area contributed by atoms with Gasteiger partial charge in [-0.05, 0) is 36.4 Å². The van der Waals surface area contributed by atoms with Crippen molar-refractivity contribution in [2.75, 3.05) is 4.72 Å². The monoisotopic (exact) mass is 388 g/mol. The second-order valence-electron chi connectivity index (χ2n) is 3.98. The van der Waals surface area contributed by atoms with Crippen molar-refractivity contribution in [3.63, 3.8) is 0 Å². The van der Waals surface area contributed by atoms with Gasteiger partial charge in [-0.25, -0.2) is 12.8 Å². The van der Waals surface area contributed by atoms with E-state index in [2.05, 4.69) is 20.7 Å². The molecule has 0 aromatic heterocycles. The van der Waals surface area contributed by atoms with Gasteiger partial charge in [0.05, 0.1) is 16.3 Å². The van der Waals surface area contributed by atoms with Crippen LogP contribution >= 0.6 is 27.5 Å². The minimum Gasteiger partial charge on any atom is -0.278 e. The first-order chi connectivity index (χ1) is 9.83.